The van der Waals surface area contributed by atoms with E-state index in [-0.39, 0.29) is 6.10 Å². The molecule has 0 saturated heterocycles. The zero-order valence-corrected chi connectivity index (χ0v) is 10.9. The van der Waals surface area contributed by atoms with Crippen LogP contribution in [0.3, 0.4) is 0 Å². The van der Waals surface area contributed by atoms with Crippen LogP contribution < -0.4 is 5.32 Å². The fourth-order valence-corrected chi connectivity index (χ4v) is 1.93. The van der Waals surface area contributed by atoms with Gasteiger partial charge < -0.3 is 10.1 Å². The highest BCUT2D eigenvalue weighted by Gasteiger charge is 2.17. The van der Waals surface area contributed by atoms with Crippen LogP contribution >= 0.6 is 0 Å². The van der Waals surface area contributed by atoms with E-state index in [1.54, 1.807) is 7.11 Å². The van der Waals surface area contributed by atoms with E-state index in [9.17, 15) is 0 Å². The van der Waals surface area contributed by atoms with E-state index < -0.39 is 0 Å². The summed E-state index contributed by atoms with van der Waals surface area (Å²) >= 11 is 0. The molecule has 16 heavy (non-hydrogen) atoms. The molecule has 1 aromatic rings. The first-order valence-corrected chi connectivity index (χ1v) is 5.85. The van der Waals surface area contributed by atoms with E-state index in [2.05, 4.69) is 35.0 Å². The number of methoxy groups -OCH3 is 1. The fraction of sp³-hybridized carbons (Fsp3) is 0.750. The van der Waals surface area contributed by atoms with Crippen molar-refractivity contribution in [1.82, 2.24) is 15.1 Å². The van der Waals surface area contributed by atoms with Crippen LogP contribution in [0.15, 0.2) is 6.07 Å². The molecule has 0 amide bonds. The van der Waals surface area contributed by atoms with Gasteiger partial charge in [0, 0.05) is 31.8 Å². The monoisotopic (exact) mass is 225 g/mol. The van der Waals surface area contributed by atoms with Crippen molar-refractivity contribution in [3.63, 3.8) is 0 Å². The van der Waals surface area contributed by atoms with Crippen LogP contribution in [0.25, 0.3) is 0 Å². The Kier molecular flexibility index (Phi) is 4.96. The molecule has 0 saturated carbocycles. The fourth-order valence-electron chi connectivity index (χ4n) is 1.93. The molecule has 92 valence electrons. The molecule has 0 spiro atoms. The van der Waals surface area contributed by atoms with Gasteiger partial charge >= 0.3 is 0 Å². The van der Waals surface area contributed by atoms with Gasteiger partial charge in [0.05, 0.1) is 11.8 Å². The van der Waals surface area contributed by atoms with E-state index in [0.717, 1.165) is 18.7 Å². The summed E-state index contributed by atoms with van der Waals surface area (Å²) < 4.78 is 7.42. The average molecular weight is 225 g/mol. The molecule has 1 heterocycles. The molecule has 1 aromatic heterocycles. The number of nitrogens with one attached hydrogen (secondary N) is 1. The lowest BCUT2D eigenvalue weighted by molar-refractivity contribution is 0.0850. The first kappa shape index (κ1) is 13.2. The molecule has 4 nitrogen and oxygen atoms in total. The Bertz CT molecular complexity index is 322. The van der Waals surface area contributed by atoms with Crippen molar-refractivity contribution in [2.45, 2.75) is 45.9 Å². The third-order valence-corrected chi connectivity index (χ3v) is 3.02. The second kappa shape index (κ2) is 6.01. The van der Waals surface area contributed by atoms with E-state index >= 15 is 0 Å². The average Bonchev–Trinajstić information content (AvgIpc) is 2.65. The smallest absolute Gasteiger partial charge is 0.0699 e. The van der Waals surface area contributed by atoms with E-state index in [1.807, 2.05) is 14.0 Å². The Morgan fingerprint density at radius 2 is 2.25 bits per heavy atom. The molecule has 0 aliphatic rings. The summed E-state index contributed by atoms with van der Waals surface area (Å²) in [6.45, 7) is 7.15. The van der Waals surface area contributed by atoms with Crippen LogP contribution in [0.2, 0.25) is 0 Å². The standard InChI is InChI=1S/C12H23N3O/c1-6-15-11(7-9(2)14-15)8-12(13-4)10(3)16-5/h7,10,12-13H,6,8H2,1-5H3. The minimum absolute atomic E-state index is 0.200. The predicted molar refractivity (Wildman–Crippen MR) is 65.7 cm³/mol. The Hall–Kier alpha value is -0.870. The molecule has 0 radical (unpaired) electrons. The number of rotatable bonds is 6. The van der Waals surface area contributed by atoms with Crippen molar-refractivity contribution in [2.24, 2.45) is 0 Å². The largest absolute Gasteiger partial charge is 0.380 e. The van der Waals surface area contributed by atoms with Crippen LogP contribution in [0.1, 0.15) is 25.2 Å². The van der Waals surface area contributed by atoms with Crippen molar-refractivity contribution in [3.05, 3.63) is 17.5 Å². The van der Waals surface area contributed by atoms with Crippen molar-refractivity contribution < 1.29 is 4.74 Å². The molecule has 4 heteroatoms. The number of nitrogens with zero attached hydrogens (tertiary/aromatic N) is 2. The normalized spacial score (nSPS) is 15.1. The van der Waals surface area contributed by atoms with Crippen molar-refractivity contribution in [2.75, 3.05) is 14.2 Å². The topological polar surface area (TPSA) is 39.1 Å². The molecule has 0 aliphatic carbocycles. The van der Waals surface area contributed by atoms with Crippen molar-refractivity contribution >= 4 is 0 Å². The Morgan fingerprint density at radius 3 is 2.75 bits per heavy atom. The molecule has 0 aliphatic heterocycles. The predicted octanol–water partition coefficient (Wildman–Crippen LogP) is 1.38. The van der Waals surface area contributed by atoms with Crippen LogP contribution in [0.5, 0.6) is 0 Å². The molecular formula is C12H23N3O. The third-order valence-electron chi connectivity index (χ3n) is 3.02. The number of aromatic nitrogens is 2. The number of likely N-dealkylation sites (N-methyl/N-ethyl adjacent to an activating group) is 1. The Labute approximate surface area is 98.0 Å². The maximum Gasteiger partial charge on any atom is 0.0699 e. The van der Waals surface area contributed by atoms with Crippen molar-refractivity contribution in [1.29, 1.82) is 0 Å². The minimum Gasteiger partial charge on any atom is -0.380 e. The number of ether oxygens (including phenoxy) is 1. The SMILES string of the molecule is CCn1nc(C)cc1CC(NC)C(C)OC. The quantitative estimate of drug-likeness (QED) is 0.795. The highest BCUT2D eigenvalue weighted by molar-refractivity contribution is 5.10. The summed E-state index contributed by atoms with van der Waals surface area (Å²) in [5.41, 5.74) is 2.35. The highest BCUT2D eigenvalue weighted by atomic mass is 16.5. The van der Waals surface area contributed by atoms with Gasteiger partial charge in [0.15, 0.2) is 0 Å². The summed E-state index contributed by atoms with van der Waals surface area (Å²) in [6.07, 6.45) is 1.14. The molecule has 0 bridgehead atoms. The summed E-state index contributed by atoms with van der Waals surface area (Å²) in [5.74, 6) is 0. The maximum atomic E-state index is 5.36. The molecular weight excluding hydrogens is 202 g/mol. The summed E-state index contributed by atoms with van der Waals surface area (Å²) in [5, 5.41) is 7.75. The van der Waals surface area contributed by atoms with E-state index in [4.69, 9.17) is 4.74 Å². The minimum atomic E-state index is 0.200. The first-order chi connectivity index (χ1) is 7.62. The van der Waals surface area contributed by atoms with E-state index in [0.29, 0.717) is 6.04 Å². The van der Waals surface area contributed by atoms with Gasteiger partial charge in [0.1, 0.15) is 0 Å². The lowest BCUT2D eigenvalue weighted by Crippen LogP contribution is -2.39. The molecule has 1 N–H and O–H groups in total. The van der Waals surface area contributed by atoms with Gasteiger partial charge in [-0.2, -0.15) is 5.10 Å². The third kappa shape index (κ3) is 3.06. The molecule has 2 atom stereocenters. The summed E-state index contributed by atoms with van der Waals surface area (Å²) in [7, 11) is 3.72. The maximum absolute atomic E-state index is 5.36. The number of hydrogen-bond acceptors (Lipinski definition) is 3. The zero-order valence-electron chi connectivity index (χ0n) is 10.9. The van der Waals surface area contributed by atoms with Gasteiger partial charge in [-0.05, 0) is 33.9 Å². The number of aryl methyl sites for hydroxylation is 2. The summed E-state index contributed by atoms with van der Waals surface area (Å²) in [6, 6.07) is 2.47. The second-order valence-electron chi connectivity index (χ2n) is 4.13. The molecule has 0 aromatic carbocycles. The highest BCUT2D eigenvalue weighted by Crippen LogP contribution is 2.10. The van der Waals surface area contributed by atoms with Gasteiger partial charge in [0.2, 0.25) is 0 Å². The van der Waals surface area contributed by atoms with Crippen LogP contribution in [0.4, 0.5) is 0 Å². The Morgan fingerprint density at radius 1 is 1.56 bits per heavy atom. The summed E-state index contributed by atoms with van der Waals surface area (Å²) in [4.78, 5) is 0. The van der Waals surface area contributed by atoms with Crippen LogP contribution in [-0.2, 0) is 17.7 Å². The molecule has 1 rings (SSSR count). The molecule has 2 unspecified atom stereocenters. The second-order valence-corrected chi connectivity index (χ2v) is 4.13. The van der Waals surface area contributed by atoms with Gasteiger partial charge in [-0.15, -0.1) is 0 Å². The van der Waals surface area contributed by atoms with Gasteiger partial charge in [0.25, 0.3) is 0 Å². The van der Waals surface area contributed by atoms with Gasteiger partial charge in [-0.25, -0.2) is 0 Å². The first-order valence-electron chi connectivity index (χ1n) is 5.85. The lowest BCUT2D eigenvalue weighted by atomic mass is 10.1. The van der Waals surface area contributed by atoms with Gasteiger partial charge in [-0.3, -0.25) is 4.68 Å². The lowest BCUT2D eigenvalue weighted by Gasteiger charge is -2.22. The van der Waals surface area contributed by atoms with E-state index in [1.165, 1.54) is 5.69 Å². The zero-order chi connectivity index (χ0) is 12.1. The van der Waals surface area contributed by atoms with Crippen molar-refractivity contribution in [3.8, 4) is 0 Å². The number of hydrogen-bond donors (Lipinski definition) is 1. The van der Waals surface area contributed by atoms with Gasteiger partial charge in [-0.1, -0.05) is 0 Å². The van der Waals surface area contributed by atoms with Crippen LogP contribution in [-0.4, -0.2) is 36.1 Å². The van der Waals surface area contributed by atoms with Crippen LogP contribution in [0, 0.1) is 6.92 Å². The molecule has 0 fully saturated rings. The Balaban J connectivity index is 2.76.